The van der Waals surface area contributed by atoms with Gasteiger partial charge in [0.15, 0.2) is 0 Å². The Kier molecular flexibility index (Phi) is 11.8. The van der Waals surface area contributed by atoms with Crippen molar-refractivity contribution in [2.45, 2.75) is 78.2 Å². The molecule has 1 aromatic heterocycles. The topological polar surface area (TPSA) is 89.9 Å². The number of likely N-dealkylation sites (N-methyl/N-ethyl adjacent to an activating group) is 1. The van der Waals surface area contributed by atoms with Crippen molar-refractivity contribution in [2.24, 2.45) is 0 Å². The SMILES string of the molecule is CCCCCCC(NC(=O)Cc1c(C)n(C(=O)c2ccc(OC)cc2)c2ccc(OC)cc12)C(=O)N(C)CCCC. The maximum Gasteiger partial charge on any atom is 0.262 e. The van der Waals surface area contributed by atoms with Gasteiger partial charge in [-0.05, 0) is 67.8 Å². The van der Waals surface area contributed by atoms with Gasteiger partial charge in [0.1, 0.15) is 17.5 Å². The zero-order chi connectivity index (χ0) is 29.9. The number of benzene rings is 2. The molecule has 0 aliphatic rings. The second-order valence-corrected chi connectivity index (χ2v) is 10.6. The molecule has 3 rings (SSSR count). The van der Waals surface area contributed by atoms with E-state index in [4.69, 9.17) is 9.47 Å². The van der Waals surface area contributed by atoms with E-state index in [2.05, 4.69) is 19.2 Å². The first-order valence-electron chi connectivity index (χ1n) is 14.7. The van der Waals surface area contributed by atoms with E-state index in [1.165, 1.54) is 0 Å². The van der Waals surface area contributed by atoms with Crippen molar-refractivity contribution < 1.29 is 23.9 Å². The van der Waals surface area contributed by atoms with Gasteiger partial charge in [-0.25, -0.2) is 0 Å². The molecular weight excluding hydrogens is 518 g/mol. The predicted octanol–water partition coefficient (Wildman–Crippen LogP) is 5.91. The van der Waals surface area contributed by atoms with Gasteiger partial charge >= 0.3 is 0 Å². The molecule has 0 saturated heterocycles. The number of aromatic nitrogens is 1. The summed E-state index contributed by atoms with van der Waals surface area (Å²) < 4.78 is 12.3. The van der Waals surface area contributed by atoms with Gasteiger partial charge in [0.05, 0.1) is 26.2 Å². The molecule has 0 fully saturated rings. The Labute approximate surface area is 244 Å². The summed E-state index contributed by atoms with van der Waals surface area (Å²) in [5.41, 5.74) is 2.61. The van der Waals surface area contributed by atoms with Crippen LogP contribution in [0.2, 0.25) is 0 Å². The molecule has 0 bridgehead atoms. The summed E-state index contributed by atoms with van der Waals surface area (Å²) in [6.45, 7) is 6.75. The van der Waals surface area contributed by atoms with Crippen molar-refractivity contribution in [3.63, 3.8) is 0 Å². The number of carbonyl (C=O) groups is 3. The van der Waals surface area contributed by atoms with Crippen LogP contribution < -0.4 is 14.8 Å². The Hall–Kier alpha value is -3.81. The molecule has 8 heteroatoms. The lowest BCUT2D eigenvalue weighted by Gasteiger charge is -2.25. The van der Waals surface area contributed by atoms with Gasteiger partial charge in [-0.1, -0.05) is 46.0 Å². The van der Waals surface area contributed by atoms with E-state index in [1.54, 1.807) is 61.1 Å². The number of methoxy groups -OCH3 is 2. The van der Waals surface area contributed by atoms with Crippen LogP contribution in [-0.4, -0.2) is 61.0 Å². The third-order valence-corrected chi connectivity index (χ3v) is 7.62. The van der Waals surface area contributed by atoms with Crippen LogP contribution >= 0.6 is 0 Å². The summed E-state index contributed by atoms with van der Waals surface area (Å²) in [5.74, 6) is 0.795. The Bertz CT molecular complexity index is 1330. The maximum absolute atomic E-state index is 13.7. The number of amides is 2. The van der Waals surface area contributed by atoms with Crippen LogP contribution in [0.5, 0.6) is 11.5 Å². The van der Waals surface area contributed by atoms with Gasteiger partial charge in [0.2, 0.25) is 11.8 Å². The first-order valence-corrected chi connectivity index (χ1v) is 14.7. The van der Waals surface area contributed by atoms with E-state index in [0.717, 1.165) is 49.5 Å². The minimum absolute atomic E-state index is 0.0375. The van der Waals surface area contributed by atoms with Crippen LogP contribution in [-0.2, 0) is 16.0 Å². The summed E-state index contributed by atoms with van der Waals surface area (Å²) in [6, 6.07) is 11.9. The van der Waals surface area contributed by atoms with E-state index in [1.807, 2.05) is 19.1 Å². The molecule has 0 saturated carbocycles. The average molecular weight is 564 g/mol. The zero-order valence-corrected chi connectivity index (χ0v) is 25.4. The number of nitrogens with zero attached hydrogens (tertiary/aromatic N) is 2. The van der Waals surface area contributed by atoms with Crippen molar-refractivity contribution in [3.8, 4) is 11.5 Å². The number of nitrogens with one attached hydrogen (secondary N) is 1. The number of ether oxygens (including phenoxy) is 2. The fraction of sp³-hybridized carbons (Fsp3) is 0.485. The molecular formula is C33H45N3O5. The molecule has 2 aromatic carbocycles. The first kappa shape index (κ1) is 31.7. The van der Waals surface area contributed by atoms with Crippen LogP contribution in [0.4, 0.5) is 0 Å². The highest BCUT2D eigenvalue weighted by molar-refractivity contribution is 6.05. The largest absolute Gasteiger partial charge is 0.497 e. The number of carbonyl (C=O) groups excluding carboxylic acids is 3. The highest BCUT2D eigenvalue weighted by Crippen LogP contribution is 2.31. The van der Waals surface area contributed by atoms with Crippen molar-refractivity contribution in [2.75, 3.05) is 27.8 Å². The molecule has 1 heterocycles. The smallest absolute Gasteiger partial charge is 0.262 e. The van der Waals surface area contributed by atoms with Gasteiger partial charge in [-0.15, -0.1) is 0 Å². The lowest BCUT2D eigenvalue weighted by Crippen LogP contribution is -2.48. The normalized spacial score (nSPS) is 11.8. The lowest BCUT2D eigenvalue weighted by molar-refractivity contribution is -0.135. The number of fused-ring (bicyclic) bond motifs is 1. The van der Waals surface area contributed by atoms with Crippen LogP contribution in [0.1, 0.15) is 80.4 Å². The highest BCUT2D eigenvalue weighted by atomic mass is 16.5. The molecule has 0 aliphatic carbocycles. The summed E-state index contributed by atoms with van der Waals surface area (Å²) in [6.07, 6.45) is 6.65. The Morgan fingerprint density at radius 1 is 0.902 bits per heavy atom. The molecule has 3 aromatic rings. The van der Waals surface area contributed by atoms with E-state index >= 15 is 0 Å². The van der Waals surface area contributed by atoms with Crippen molar-refractivity contribution in [1.29, 1.82) is 0 Å². The van der Waals surface area contributed by atoms with Gasteiger partial charge in [0.25, 0.3) is 5.91 Å². The third kappa shape index (κ3) is 7.90. The molecule has 0 spiro atoms. The summed E-state index contributed by atoms with van der Waals surface area (Å²) in [7, 11) is 4.97. The molecule has 1 atom stereocenters. The standard InChI is InChI=1S/C33H45N3O5/c1-7-9-11-12-13-29(33(39)35(4)20-10-8-2)34-31(37)22-27-23(3)36(30-19-18-26(41-6)21-28(27)30)32(38)24-14-16-25(40-5)17-15-24/h14-19,21,29H,7-13,20,22H2,1-6H3,(H,34,37). The maximum atomic E-state index is 13.7. The Morgan fingerprint density at radius 2 is 1.56 bits per heavy atom. The number of hydrogen-bond acceptors (Lipinski definition) is 5. The van der Waals surface area contributed by atoms with Gasteiger partial charge in [0, 0.05) is 30.2 Å². The second kappa shape index (κ2) is 15.3. The Morgan fingerprint density at radius 3 is 2.20 bits per heavy atom. The van der Waals surface area contributed by atoms with E-state index in [-0.39, 0.29) is 24.1 Å². The minimum atomic E-state index is -0.578. The summed E-state index contributed by atoms with van der Waals surface area (Å²) in [5, 5.41) is 3.80. The number of unbranched alkanes of at least 4 members (excludes halogenated alkanes) is 4. The van der Waals surface area contributed by atoms with Crippen molar-refractivity contribution >= 4 is 28.6 Å². The molecule has 2 amide bonds. The average Bonchev–Trinajstić information content (AvgIpc) is 3.26. The fourth-order valence-electron chi connectivity index (χ4n) is 5.15. The van der Waals surface area contributed by atoms with E-state index in [0.29, 0.717) is 41.2 Å². The molecule has 8 nitrogen and oxygen atoms in total. The van der Waals surface area contributed by atoms with Crippen molar-refractivity contribution in [1.82, 2.24) is 14.8 Å². The monoisotopic (exact) mass is 563 g/mol. The molecule has 1 N–H and O–H groups in total. The lowest BCUT2D eigenvalue weighted by atomic mass is 10.0. The van der Waals surface area contributed by atoms with E-state index < -0.39 is 6.04 Å². The molecule has 222 valence electrons. The summed E-state index contributed by atoms with van der Waals surface area (Å²) in [4.78, 5) is 42.2. The van der Waals surface area contributed by atoms with Crippen LogP contribution in [0.15, 0.2) is 42.5 Å². The quantitative estimate of drug-likeness (QED) is 0.232. The Balaban J connectivity index is 1.92. The number of rotatable bonds is 15. The van der Waals surface area contributed by atoms with Crippen LogP contribution in [0.25, 0.3) is 10.9 Å². The highest BCUT2D eigenvalue weighted by Gasteiger charge is 2.26. The molecule has 41 heavy (non-hydrogen) atoms. The number of hydrogen-bond donors (Lipinski definition) is 1. The molecule has 1 unspecified atom stereocenters. The minimum Gasteiger partial charge on any atom is -0.497 e. The zero-order valence-electron chi connectivity index (χ0n) is 25.4. The molecule has 0 aliphatic heterocycles. The second-order valence-electron chi connectivity index (χ2n) is 10.6. The first-order chi connectivity index (χ1) is 19.7. The summed E-state index contributed by atoms with van der Waals surface area (Å²) >= 11 is 0. The van der Waals surface area contributed by atoms with Crippen LogP contribution in [0, 0.1) is 6.92 Å². The van der Waals surface area contributed by atoms with Gasteiger partial charge in [-0.2, -0.15) is 0 Å². The van der Waals surface area contributed by atoms with Gasteiger partial charge in [-0.3, -0.25) is 19.0 Å². The van der Waals surface area contributed by atoms with Gasteiger partial charge < -0.3 is 19.7 Å². The van der Waals surface area contributed by atoms with Crippen molar-refractivity contribution in [3.05, 3.63) is 59.3 Å². The van der Waals surface area contributed by atoms with E-state index in [9.17, 15) is 14.4 Å². The third-order valence-electron chi connectivity index (χ3n) is 7.62. The van der Waals surface area contributed by atoms with Crippen LogP contribution in [0.3, 0.4) is 0 Å². The molecule has 0 radical (unpaired) electrons. The fourth-order valence-corrected chi connectivity index (χ4v) is 5.15. The predicted molar refractivity (Wildman–Crippen MR) is 163 cm³/mol.